The number of piperidine rings is 2. The number of aliphatic hydroxyl groups is 2. The third kappa shape index (κ3) is 7.25. The van der Waals surface area contributed by atoms with Crippen LogP contribution in [-0.2, 0) is 42.7 Å². The molecule has 78 heavy (non-hydrogen) atoms. The van der Waals surface area contributed by atoms with Gasteiger partial charge in [0.05, 0.1) is 11.2 Å². The van der Waals surface area contributed by atoms with Gasteiger partial charge in [0.1, 0.15) is 23.4 Å². The lowest BCUT2D eigenvalue weighted by atomic mass is 9.33. The minimum atomic E-state index is -1.14. The second kappa shape index (κ2) is 17.9. The fourth-order valence-electron chi connectivity index (χ4n) is 19.7. The molecule has 8 bridgehead atoms. The van der Waals surface area contributed by atoms with Crippen LogP contribution in [0.4, 0.5) is 0 Å². The number of carbonyl (C=O) groups is 2. The molecule has 0 unspecified atom stereocenters. The van der Waals surface area contributed by atoms with Crippen LogP contribution in [0.25, 0.3) is 0 Å². The number of aliphatic carboxylic acids is 2. The topological polar surface area (TPSA) is 205 Å². The van der Waals surface area contributed by atoms with Gasteiger partial charge in [-0.2, -0.15) is 0 Å². The maximum atomic E-state index is 12.2. The molecule has 0 aromatic heterocycles. The van der Waals surface area contributed by atoms with Crippen LogP contribution in [0, 0.1) is 45.3 Å². The lowest BCUT2D eigenvalue weighted by Crippen LogP contribution is -2.83. The van der Waals surface area contributed by atoms with Crippen LogP contribution in [-0.4, -0.2) is 129 Å². The van der Waals surface area contributed by atoms with Crippen LogP contribution in [0.3, 0.4) is 0 Å². The van der Waals surface area contributed by atoms with Gasteiger partial charge in [-0.05, 0) is 188 Å². The molecule has 14 heteroatoms. The largest absolute Gasteiger partial charge is 0.550 e. The van der Waals surface area contributed by atoms with Gasteiger partial charge in [-0.3, -0.25) is 9.80 Å². The van der Waals surface area contributed by atoms with Crippen LogP contribution in [0.5, 0.6) is 23.0 Å². The van der Waals surface area contributed by atoms with Gasteiger partial charge >= 0.3 is 0 Å². The highest BCUT2D eigenvalue weighted by Gasteiger charge is 2.84. The Balaban J connectivity index is 0.000000134. The van der Waals surface area contributed by atoms with E-state index in [4.69, 9.17) is 18.9 Å². The maximum Gasteiger partial charge on any atom is 0.165 e. The van der Waals surface area contributed by atoms with E-state index in [1.165, 1.54) is 61.0 Å². The predicted octanol–water partition coefficient (Wildman–Crippen LogP) is 6.87. The molecule has 10 aliphatic carbocycles. The zero-order valence-electron chi connectivity index (χ0n) is 48.4. The van der Waals surface area contributed by atoms with E-state index in [9.17, 15) is 40.2 Å². The first-order valence-electron chi connectivity index (χ1n) is 30.1. The molecular formula is C64H90N2O12-2. The molecule has 2 saturated heterocycles. The van der Waals surface area contributed by atoms with Gasteiger partial charge in [0.2, 0.25) is 0 Å². The summed E-state index contributed by atoms with van der Waals surface area (Å²) in [6, 6.07) is 8.92. The van der Waals surface area contributed by atoms with Gasteiger partial charge in [0, 0.05) is 96.0 Å². The number of phenols is 2. The number of hydrogen-bond donors (Lipinski definition) is 4. The molecule has 4 aliphatic heterocycles. The van der Waals surface area contributed by atoms with Crippen molar-refractivity contribution in [2.24, 2.45) is 45.3 Å². The standard InChI is InChI=1S/2C29H41NO4.C6H10O4/c2*1-25(2,3)26(4,32)20-15-27-10-11-29(20,33-5)24-28(27)12-13-30(16-17-6-7-17)21(27)14-18-8-9-19(31)23(34-24)22(18)28;7-5(8)3-1-2-4-6(9)10/h2*8-9,17,20-21,24,31-32H,6-7,10-16H2,1-5H3;1-4H2,(H,7,8)(H,9,10)/p-2/t2*20-,21-,24-,26+,27-,28+,29-;/m11./s1. The summed E-state index contributed by atoms with van der Waals surface area (Å²) in [6.07, 6.45) is 15.8. The molecule has 430 valence electrons. The monoisotopic (exact) mass is 1080 g/mol. The molecule has 2 aromatic carbocycles. The Morgan fingerprint density at radius 3 is 1.29 bits per heavy atom. The molecule has 16 rings (SSSR count). The van der Waals surface area contributed by atoms with Crippen molar-refractivity contribution in [3.05, 3.63) is 46.5 Å². The summed E-state index contributed by atoms with van der Waals surface area (Å²) >= 11 is 0. The first-order chi connectivity index (χ1) is 36.7. The normalized spacial score (nSPS) is 39.4. The number of unbranched alkanes of at least 4 members (excludes halogenated alkanes) is 1. The summed E-state index contributed by atoms with van der Waals surface area (Å²) in [6.45, 7) is 21.6. The number of fused-ring (bicyclic) bond motifs is 4. The van der Waals surface area contributed by atoms with E-state index in [1.54, 1.807) is 0 Å². The summed E-state index contributed by atoms with van der Waals surface area (Å²) in [4.78, 5) is 25.2. The van der Waals surface area contributed by atoms with Crippen LogP contribution in [0.15, 0.2) is 24.3 Å². The first-order valence-corrected chi connectivity index (χ1v) is 30.1. The van der Waals surface area contributed by atoms with Crippen molar-refractivity contribution in [1.82, 2.24) is 9.80 Å². The maximum absolute atomic E-state index is 12.2. The second-order valence-electron chi connectivity index (χ2n) is 29.5. The zero-order valence-corrected chi connectivity index (χ0v) is 48.4. The number of benzene rings is 2. The van der Waals surface area contributed by atoms with Crippen molar-refractivity contribution in [1.29, 1.82) is 0 Å². The van der Waals surface area contributed by atoms with Crippen LogP contribution in [0.2, 0.25) is 0 Å². The number of carboxylic acid groups (broad SMARTS) is 2. The Hall–Kier alpha value is -3.66. The van der Waals surface area contributed by atoms with Gasteiger partial charge in [-0.15, -0.1) is 0 Å². The molecule has 10 fully saturated rings. The molecule has 14 aliphatic rings. The lowest BCUT2D eigenvalue weighted by Gasteiger charge is -2.75. The number of methoxy groups -OCH3 is 2. The van der Waals surface area contributed by atoms with Gasteiger partial charge in [-0.25, -0.2) is 0 Å². The summed E-state index contributed by atoms with van der Waals surface area (Å²) < 4.78 is 26.9. The number of nitrogens with zero attached hydrogens (tertiary/aromatic N) is 2. The third-order valence-corrected chi connectivity index (χ3v) is 24.7. The van der Waals surface area contributed by atoms with Gasteiger partial charge in [0.25, 0.3) is 0 Å². The quantitative estimate of drug-likeness (QED) is 0.151. The van der Waals surface area contributed by atoms with Crippen molar-refractivity contribution < 1.29 is 59.2 Å². The van der Waals surface area contributed by atoms with Crippen LogP contribution >= 0.6 is 0 Å². The Kier molecular flexibility index (Phi) is 12.6. The second-order valence-corrected chi connectivity index (χ2v) is 29.5. The Bertz CT molecular complexity index is 2560. The van der Waals surface area contributed by atoms with E-state index in [1.807, 2.05) is 40.2 Å². The van der Waals surface area contributed by atoms with E-state index in [0.29, 0.717) is 36.4 Å². The first kappa shape index (κ1) is 54.9. The van der Waals surface area contributed by atoms with Crippen molar-refractivity contribution in [3.8, 4) is 23.0 Å². The molecule has 8 saturated carbocycles. The average Bonchev–Trinajstić information content (AvgIpc) is 3.15. The van der Waals surface area contributed by atoms with Crippen LogP contribution < -0.4 is 19.7 Å². The lowest BCUT2D eigenvalue weighted by molar-refractivity contribution is -0.312. The molecule has 2 aromatic rings. The highest BCUT2D eigenvalue weighted by molar-refractivity contribution is 5.66. The molecule has 14 nitrogen and oxygen atoms in total. The van der Waals surface area contributed by atoms with E-state index < -0.39 is 34.3 Å². The third-order valence-electron chi connectivity index (χ3n) is 24.7. The SMILES string of the molecule is CO[C@]12CC[C@@]3(C[C@@H]1[C@](C)(O)C(C)(C)C)[C@H]1Cc4ccc(O)c5c4[C@@]3(CCN1CC1CC1)[C@H]2O5.CO[C@]12CC[C@@]3(C[C@@H]1[C@](C)(O)C(C)(C)C)[C@H]1Cc4ccc(O)c5c4[C@@]3(CCN1CC1CC1)[C@H]2O5.O=C([O-])CCCCC(=O)[O-]. The minimum Gasteiger partial charge on any atom is -0.550 e. The molecule has 4 N–H and O–H groups in total. The number of likely N-dealkylation sites (tertiary alicyclic amines) is 2. The number of hydrogen-bond acceptors (Lipinski definition) is 14. The highest BCUT2D eigenvalue weighted by Crippen LogP contribution is 2.80. The summed E-state index contributed by atoms with van der Waals surface area (Å²) in [5.41, 5.74) is 1.57. The predicted molar refractivity (Wildman–Crippen MR) is 289 cm³/mol. The van der Waals surface area contributed by atoms with E-state index in [-0.39, 0.29) is 80.9 Å². The van der Waals surface area contributed by atoms with Crippen molar-refractivity contribution in [2.75, 3.05) is 40.4 Å². The van der Waals surface area contributed by atoms with E-state index >= 15 is 0 Å². The molecule has 0 amide bonds. The summed E-state index contributed by atoms with van der Waals surface area (Å²) in [5.74, 6) is 1.32. The zero-order chi connectivity index (χ0) is 55.8. The summed E-state index contributed by atoms with van der Waals surface area (Å²) in [5, 5.41) is 65.9. The number of rotatable bonds is 13. The molecule has 14 atom stereocenters. The van der Waals surface area contributed by atoms with Gasteiger partial charge in [-0.1, -0.05) is 53.7 Å². The van der Waals surface area contributed by atoms with Crippen molar-refractivity contribution in [3.63, 3.8) is 0 Å². The Labute approximate surface area is 462 Å². The fourth-order valence-corrected chi connectivity index (χ4v) is 19.7. The number of carboxylic acids is 2. The molecule has 0 radical (unpaired) electrons. The number of carbonyl (C=O) groups excluding carboxylic acids is 2. The molecule has 4 heterocycles. The summed E-state index contributed by atoms with van der Waals surface area (Å²) in [7, 11) is 3.66. The fraction of sp³-hybridized carbons (Fsp3) is 0.781. The average molecular weight is 1080 g/mol. The van der Waals surface area contributed by atoms with Gasteiger partial charge < -0.3 is 59.2 Å². The molecule has 4 spiro atoms. The van der Waals surface area contributed by atoms with Crippen molar-refractivity contribution >= 4 is 11.9 Å². The Morgan fingerprint density at radius 1 is 0.603 bits per heavy atom. The number of phenolic OH excluding ortho intramolecular Hbond substituents is 2. The molecular weight excluding hydrogens is 989 g/mol. The van der Waals surface area contributed by atoms with Crippen LogP contribution in [0.1, 0.15) is 180 Å². The van der Waals surface area contributed by atoms with Crippen molar-refractivity contribution in [2.45, 2.75) is 228 Å². The Morgan fingerprint density at radius 2 is 0.974 bits per heavy atom. The highest BCUT2D eigenvalue weighted by atomic mass is 16.6. The van der Waals surface area contributed by atoms with Gasteiger partial charge in [0.15, 0.2) is 23.0 Å². The van der Waals surface area contributed by atoms with E-state index in [0.717, 1.165) is 89.1 Å². The number of aromatic hydroxyl groups is 2. The number of ether oxygens (including phenoxy) is 4. The smallest absolute Gasteiger partial charge is 0.165 e. The minimum absolute atomic E-state index is 0.0294. The van der Waals surface area contributed by atoms with E-state index in [2.05, 4.69) is 63.5 Å².